The standard InChI is InChI=1S/C17H21N3O3S/c1-22-14-5-3-13(4-6-14)11-15-16(21)20(17(18-15)24-2)12-19-7-9-23-10-8-19/h3-6,11H,7-10,12H2,1-2H3. The van der Waals surface area contributed by atoms with Crippen LogP contribution in [-0.2, 0) is 9.53 Å². The predicted octanol–water partition coefficient (Wildman–Crippen LogP) is 1.89. The molecule has 0 aliphatic carbocycles. The first-order valence-electron chi connectivity index (χ1n) is 7.81. The number of ether oxygens (including phenoxy) is 2. The van der Waals surface area contributed by atoms with E-state index in [1.54, 1.807) is 12.0 Å². The second kappa shape index (κ2) is 7.83. The molecular formula is C17H21N3O3S. The molecular weight excluding hydrogens is 326 g/mol. The van der Waals surface area contributed by atoms with Gasteiger partial charge in [0.05, 0.1) is 27.0 Å². The average molecular weight is 347 g/mol. The molecule has 2 heterocycles. The Morgan fingerprint density at radius 2 is 2.00 bits per heavy atom. The summed E-state index contributed by atoms with van der Waals surface area (Å²) in [4.78, 5) is 21.2. The fourth-order valence-corrected chi connectivity index (χ4v) is 3.16. The van der Waals surface area contributed by atoms with Gasteiger partial charge in [0, 0.05) is 13.1 Å². The zero-order valence-corrected chi connectivity index (χ0v) is 14.7. The Morgan fingerprint density at radius 1 is 1.29 bits per heavy atom. The lowest BCUT2D eigenvalue weighted by molar-refractivity contribution is -0.124. The fourth-order valence-electron chi connectivity index (χ4n) is 2.61. The van der Waals surface area contributed by atoms with E-state index in [4.69, 9.17) is 9.47 Å². The maximum absolute atomic E-state index is 12.7. The third-order valence-electron chi connectivity index (χ3n) is 3.96. The number of amides is 1. The van der Waals surface area contributed by atoms with Crippen molar-refractivity contribution in [1.82, 2.24) is 9.80 Å². The summed E-state index contributed by atoms with van der Waals surface area (Å²) in [5.74, 6) is 0.735. The molecule has 1 amide bonds. The van der Waals surface area contributed by atoms with Crippen LogP contribution in [0.25, 0.3) is 6.08 Å². The molecule has 24 heavy (non-hydrogen) atoms. The molecule has 0 spiro atoms. The van der Waals surface area contributed by atoms with E-state index in [1.807, 2.05) is 36.6 Å². The maximum Gasteiger partial charge on any atom is 0.279 e. The Hall–Kier alpha value is -1.83. The van der Waals surface area contributed by atoms with Gasteiger partial charge in [0.1, 0.15) is 11.4 Å². The van der Waals surface area contributed by atoms with E-state index in [2.05, 4.69) is 9.89 Å². The van der Waals surface area contributed by atoms with Gasteiger partial charge in [-0.25, -0.2) is 4.99 Å². The topological polar surface area (TPSA) is 54.4 Å². The van der Waals surface area contributed by atoms with E-state index < -0.39 is 0 Å². The maximum atomic E-state index is 12.7. The number of nitrogens with zero attached hydrogens (tertiary/aromatic N) is 3. The van der Waals surface area contributed by atoms with Gasteiger partial charge in [0.2, 0.25) is 0 Å². The van der Waals surface area contributed by atoms with Gasteiger partial charge in [-0.3, -0.25) is 14.6 Å². The molecule has 0 radical (unpaired) electrons. The van der Waals surface area contributed by atoms with Gasteiger partial charge in [-0.1, -0.05) is 23.9 Å². The Kier molecular flexibility index (Phi) is 5.55. The van der Waals surface area contributed by atoms with Crippen LogP contribution < -0.4 is 4.74 Å². The molecule has 3 rings (SSSR count). The van der Waals surface area contributed by atoms with Crippen LogP contribution >= 0.6 is 11.8 Å². The molecule has 1 aromatic rings. The van der Waals surface area contributed by atoms with Crippen LogP contribution in [0.2, 0.25) is 0 Å². The number of rotatable bonds is 4. The molecule has 0 N–H and O–H groups in total. The molecule has 1 aromatic carbocycles. The van der Waals surface area contributed by atoms with Crippen molar-refractivity contribution in [3.63, 3.8) is 0 Å². The molecule has 6 nitrogen and oxygen atoms in total. The smallest absolute Gasteiger partial charge is 0.279 e. The Bertz CT molecular complexity index is 652. The third-order valence-corrected chi connectivity index (χ3v) is 4.63. The molecule has 1 saturated heterocycles. The van der Waals surface area contributed by atoms with Gasteiger partial charge in [0.15, 0.2) is 5.17 Å². The van der Waals surface area contributed by atoms with Crippen LogP contribution in [0.4, 0.5) is 0 Å². The van der Waals surface area contributed by atoms with Crippen molar-refractivity contribution < 1.29 is 14.3 Å². The normalized spacial score (nSPS) is 20.6. The average Bonchev–Trinajstić information content (AvgIpc) is 2.92. The summed E-state index contributed by atoms with van der Waals surface area (Å²) in [6, 6.07) is 7.57. The number of aliphatic imine (C=N–C) groups is 1. The summed E-state index contributed by atoms with van der Waals surface area (Å²) >= 11 is 1.49. The highest BCUT2D eigenvalue weighted by Crippen LogP contribution is 2.24. The zero-order chi connectivity index (χ0) is 16.9. The van der Waals surface area contributed by atoms with Crippen LogP contribution in [0.15, 0.2) is 35.0 Å². The summed E-state index contributed by atoms with van der Waals surface area (Å²) in [5.41, 5.74) is 1.40. The number of amidine groups is 1. The van der Waals surface area contributed by atoms with Gasteiger partial charge in [-0.05, 0) is 30.0 Å². The number of carbonyl (C=O) groups is 1. The van der Waals surface area contributed by atoms with Crippen LogP contribution in [0.3, 0.4) is 0 Å². The molecule has 128 valence electrons. The SMILES string of the molecule is COc1ccc(C=C2N=C(SC)N(CN3CCOCC3)C2=O)cc1. The monoisotopic (exact) mass is 347 g/mol. The van der Waals surface area contributed by atoms with E-state index in [1.165, 1.54) is 11.8 Å². The van der Waals surface area contributed by atoms with E-state index in [0.717, 1.165) is 29.6 Å². The molecule has 0 saturated carbocycles. The van der Waals surface area contributed by atoms with Crippen LogP contribution in [0.5, 0.6) is 5.75 Å². The second-order valence-electron chi connectivity index (χ2n) is 5.51. The van der Waals surface area contributed by atoms with Crippen molar-refractivity contribution in [1.29, 1.82) is 0 Å². The Morgan fingerprint density at radius 3 is 2.62 bits per heavy atom. The van der Waals surface area contributed by atoms with Crippen molar-refractivity contribution in [2.45, 2.75) is 0 Å². The number of benzene rings is 1. The van der Waals surface area contributed by atoms with E-state index >= 15 is 0 Å². The van der Waals surface area contributed by atoms with Gasteiger partial charge in [-0.15, -0.1) is 0 Å². The minimum absolute atomic E-state index is 0.0540. The quantitative estimate of drug-likeness (QED) is 0.779. The number of carbonyl (C=O) groups excluding carboxylic acids is 1. The lowest BCUT2D eigenvalue weighted by atomic mass is 10.2. The van der Waals surface area contributed by atoms with Gasteiger partial charge < -0.3 is 9.47 Å². The summed E-state index contributed by atoms with van der Waals surface area (Å²) in [6.07, 6.45) is 3.76. The first kappa shape index (κ1) is 17.0. The summed E-state index contributed by atoms with van der Waals surface area (Å²) in [5, 5.41) is 0.742. The number of morpholine rings is 1. The highest BCUT2D eigenvalue weighted by atomic mass is 32.2. The number of thioether (sulfide) groups is 1. The molecule has 2 aliphatic heterocycles. The lowest BCUT2D eigenvalue weighted by Gasteiger charge is -2.30. The summed E-state index contributed by atoms with van der Waals surface area (Å²) in [7, 11) is 1.63. The number of hydrogen-bond donors (Lipinski definition) is 0. The Balaban J connectivity index is 1.75. The summed E-state index contributed by atoms with van der Waals surface area (Å²) < 4.78 is 10.5. The largest absolute Gasteiger partial charge is 0.497 e. The van der Waals surface area contributed by atoms with Crippen LogP contribution in [0, 0.1) is 0 Å². The van der Waals surface area contributed by atoms with Crippen molar-refractivity contribution in [3.8, 4) is 5.75 Å². The Labute approximate surface area is 146 Å². The van der Waals surface area contributed by atoms with Crippen molar-refractivity contribution >= 4 is 28.9 Å². The molecule has 7 heteroatoms. The van der Waals surface area contributed by atoms with Crippen LogP contribution in [-0.4, -0.2) is 67.2 Å². The fraction of sp³-hybridized carbons (Fsp3) is 0.412. The first-order chi connectivity index (χ1) is 11.7. The van der Waals surface area contributed by atoms with Crippen molar-refractivity contribution in [3.05, 3.63) is 35.5 Å². The molecule has 0 unspecified atom stereocenters. The molecule has 1 fully saturated rings. The van der Waals surface area contributed by atoms with Gasteiger partial charge >= 0.3 is 0 Å². The lowest BCUT2D eigenvalue weighted by Crippen LogP contribution is -2.46. The predicted molar refractivity (Wildman–Crippen MR) is 96.0 cm³/mol. The third kappa shape index (κ3) is 3.80. The molecule has 0 atom stereocenters. The minimum atomic E-state index is -0.0540. The summed E-state index contributed by atoms with van der Waals surface area (Å²) in [6.45, 7) is 3.65. The zero-order valence-electron chi connectivity index (χ0n) is 13.9. The van der Waals surface area contributed by atoms with Crippen LogP contribution in [0.1, 0.15) is 5.56 Å². The van der Waals surface area contributed by atoms with Crippen molar-refractivity contribution in [2.75, 3.05) is 46.3 Å². The van der Waals surface area contributed by atoms with E-state index in [0.29, 0.717) is 25.6 Å². The minimum Gasteiger partial charge on any atom is -0.497 e. The van der Waals surface area contributed by atoms with Crippen molar-refractivity contribution in [2.24, 2.45) is 4.99 Å². The number of hydrogen-bond acceptors (Lipinski definition) is 6. The molecule has 2 aliphatic rings. The van der Waals surface area contributed by atoms with E-state index in [-0.39, 0.29) is 5.91 Å². The molecule has 0 aromatic heterocycles. The second-order valence-corrected chi connectivity index (χ2v) is 6.28. The van der Waals surface area contributed by atoms with Gasteiger partial charge in [-0.2, -0.15) is 0 Å². The van der Waals surface area contributed by atoms with Gasteiger partial charge in [0.25, 0.3) is 5.91 Å². The molecule has 0 bridgehead atoms. The first-order valence-corrected chi connectivity index (χ1v) is 9.04. The highest BCUT2D eigenvalue weighted by Gasteiger charge is 2.31. The van der Waals surface area contributed by atoms with E-state index in [9.17, 15) is 4.79 Å². The highest BCUT2D eigenvalue weighted by molar-refractivity contribution is 8.13. The number of methoxy groups -OCH3 is 1.